The first-order valence-corrected chi connectivity index (χ1v) is 9.40. The number of carbonyl (C=O) groups excluding carboxylic acids is 1. The van der Waals surface area contributed by atoms with Gasteiger partial charge in [-0.2, -0.15) is 0 Å². The van der Waals surface area contributed by atoms with E-state index in [1.54, 1.807) is 37.8 Å². The molecule has 0 unspecified atom stereocenters. The fourth-order valence-electron chi connectivity index (χ4n) is 2.31. The van der Waals surface area contributed by atoms with Crippen molar-refractivity contribution in [3.63, 3.8) is 0 Å². The van der Waals surface area contributed by atoms with Gasteiger partial charge in [-0.15, -0.1) is 10.3 Å². The first kappa shape index (κ1) is 28.4. The molecular weight excluding hydrogens is 403 g/mol. The van der Waals surface area contributed by atoms with Crippen molar-refractivity contribution in [2.24, 2.45) is 0 Å². The van der Waals surface area contributed by atoms with E-state index in [1.807, 2.05) is 20.8 Å². The summed E-state index contributed by atoms with van der Waals surface area (Å²) in [5.74, 6) is 0.716. The molecule has 2 heterocycles. The molecule has 0 bridgehead atoms. The van der Waals surface area contributed by atoms with Crippen LogP contribution < -0.4 is 70.7 Å². The van der Waals surface area contributed by atoms with E-state index in [0.717, 1.165) is 0 Å². The molecule has 1 aromatic heterocycles. The summed E-state index contributed by atoms with van der Waals surface area (Å²) < 4.78 is 16.7. The van der Waals surface area contributed by atoms with E-state index in [1.165, 1.54) is 13.3 Å². The Labute approximate surface area is 216 Å². The fourth-order valence-corrected chi connectivity index (χ4v) is 2.31. The number of hydrogen-bond acceptors (Lipinski definition) is 6. The van der Waals surface area contributed by atoms with E-state index < -0.39 is 11.2 Å². The van der Waals surface area contributed by atoms with Crippen molar-refractivity contribution in [3.8, 4) is 11.6 Å². The third-order valence-electron chi connectivity index (χ3n) is 3.47. The van der Waals surface area contributed by atoms with Crippen molar-refractivity contribution >= 4 is 6.09 Å². The van der Waals surface area contributed by atoms with Gasteiger partial charge in [0.2, 0.25) is 6.20 Å². The van der Waals surface area contributed by atoms with Gasteiger partial charge in [0.15, 0.2) is 5.75 Å². The third kappa shape index (κ3) is 12.7. The minimum absolute atomic E-state index is 0. The molecule has 0 radical (unpaired) electrons. The van der Waals surface area contributed by atoms with Gasteiger partial charge >= 0.3 is 63.4 Å². The summed E-state index contributed by atoms with van der Waals surface area (Å²) in [6.07, 6.45) is 2.24. The topological polar surface area (TPSA) is 98.0 Å². The molecule has 1 aliphatic heterocycles. The maximum absolute atomic E-state index is 12.0. The van der Waals surface area contributed by atoms with Crippen LogP contribution in [0.4, 0.5) is 4.79 Å². The van der Waals surface area contributed by atoms with E-state index in [0.29, 0.717) is 36.4 Å². The number of carbonyl (C=O) groups is 1. The Morgan fingerprint density at radius 2 is 1.66 bits per heavy atom. The summed E-state index contributed by atoms with van der Waals surface area (Å²) in [6, 6.07) is 3.27. The number of nitrogens with zero attached hydrogens (tertiary/aromatic N) is 2. The van der Waals surface area contributed by atoms with Gasteiger partial charge in [-0.25, -0.2) is 4.79 Å². The second kappa shape index (κ2) is 12.3. The quantitative estimate of drug-likeness (QED) is 0.352. The monoisotopic (exact) mass is 436 g/mol. The summed E-state index contributed by atoms with van der Waals surface area (Å²) >= 11 is 0. The molecule has 160 valence electrons. The number of methoxy groups -OCH3 is 1. The van der Waals surface area contributed by atoms with Crippen LogP contribution in [0.2, 0.25) is 0 Å². The predicted molar refractivity (Wildman–Crippen MR) is 103 cm³/mol. The van der Waals surface area contributed by atoms with Crippen LogP contribution in [0.3, 0.4) is 0 Å². The number of rotatable bonds is 3. The first-order chi connectivity index (χ1) is 12.8. The van der Waals surface area contributed by atoms with Crippen LogP contribution >= 0.6 is 0 Å². The molecule has 0 spiro atoms. The summed E-state index contributed by atoms with van der Waals surface area (Å²) in [7, 11) is 1.50. The molecule has 29 heavy (non-hydrogen) atoms. The normalized spacial score (nSPS) is 14.8. The second-order valence-electron chi connectivity index (χ2n) is 8.63. The van der Waals surface area contributed by atoms with Crippen molar-refractivity contribution in [2.75, 3.05) is 20.2 Å². The Balaban J connectivity index is 0.00000117. The molecule has 0 aromatic carbocycles. The molecule has 0 aliphatic carbocycles. The molecule has 2 rings (SSSR count). The van der Waals surface area contributed by atoms with Gasteiger partial charge in [0.25, 0.3) is 0 Å². The van der Waals surface area contributed by atoms with E-state index >= 15 is 0 Å². The van der Waals surface area contributed by atoms with Crippen molar-refractivity contribution < 1.29 is 80.2 Å². The van der Waals surface area contributed by atoms with Gasteiger partial charge in [0, 0.05) is 25.9 Å². The zero-order chi connectivity index (χ0) is 21.5. The van der Waals surface area contributed by atoms with Crippen molar-refractivity contribution in [2.45, 2.75) is 71.7 Å². The van der Waals surface area contributed by atoms with Crippen LogP contribution in [0.5, 0.6) is 11.6 Å². The van der Waals surface area contributed by atoms with Crippen molar-refractivity contribution in [3.05, 3.63) is 23.5 Å². The minimum Gasteiger partial charge on any atom is -0.850 e. The number of aromatic nitrogens is 1. The molecule has 1 aromatic rings. The molecule has 8 nitrogen and oxygen atoms in total. The number of hydrogen-bond donors (Lipinski definition) is 0. The Hall–Kier alpha value is -0.584. The maximum Gasteiger partial charge on any atom is 1.00 e. The Morgan fingerprint density at radius 3 is 2.07 bits per heavy atom. The smallest absolute Gasteiger partial charge is 0.850 e. The van der Waals surface area contributed by atoms with Gasteiger partial charge in [-0.05, 0) is 26.8 Å². The average molecular weight is 437 g/mol. The van der Waals surface area contributed by atoms with Crippen LogP contribution in [-0.4, -0.2) is 48.5 Å². The largest absolute Gasteiger partial charge is 1.00 e. The van der Waals surface area contributed by atoms with Crippen molar-refractivity contribution in [1.29, 1.82) is 0 Å². The van der Waals surface area contributed by atoms with Crippen LogP contribution in [0, 0.1) is 5.21 Å². The molecule has 1 fully saturated rings. The summed E-state index contributed by atoms with van der Waals surface area (Å²) in [4.78, 5) is 13.7. The van der Waals surface area contributed by atoms with Gasteiger partial charge in [-0.3, -0.25) is 0 Å². The fraction of sp³-hybridized carbons (Fsp3) is 0.700. The zero-order valence-corrected chi connectivity index (χ0v) is 22.1. The second-order valence-corrected chi connectivity index (χ2v) is 8.63. The van der Waals surface area contributed by atoms with E-state index in [4.69, 9.17) is 14.2 Å². The Bertz CT molecular complexity index is 629. The minimum atomic E-state index is -0.750. The van der Waals surface area contributed by atoms with Gasteiger partial charge < -0.3 is 29.4 Å². The molecule has 1 saturated heterocycles. The molecular formula is C20H33KN2O6. The number of piperidine rings is 1. The van der Waals surface area contributed by atoms with Crippen molar-refractivity contribution in [1.82, 2.24) is 4.90 Å². The third-order valence-corrected chi connectivity index (χ3v) is 3.47. The molecule has 1 amide bonds. The van der Waals surface area contributed by atoms with E-state index in [9.17, 15) is 15.1 Å². The number of likely N-dealkylation sites (tertiary alicyclic amines) is 1. The number of amides is 1. The van der Waals surface area contributed by atoms with Crippen LogP contribution in [-0.2, 0) is 4.74 Å². The molecule has 0 atom stereocenters. The van der Waals surface area contributed by atoms with Gasteiger partial charge in [-0.1, -0.05) is 20.8 Å². The average Bonchev–Trinajstić information content (AvgIpc) is 2.54. The van der Waals surface area contributed by atoms with Crippen LogP contribution in [0.15, 0.2) is 18.3 Å². The van der Waals surface area contributed by atoms with Crippen LogP contribution in [0.1, 0.15) is 54.4 Å². The Morgan fingerprint density at radius 1 is 1.14 bits per heavy atom. The standard InChI is InChI=1S/C16H24N2O5.C4H9O.K/c1-16(2,3)23-15(19)17-9-7-12(8-10-17)22-14-6-5-13(21-4)11-18(14)20;1-4(2,3)5;/h5-6,11-12H,7-10H2,1-4H3;1-3H3;/q;-1;+1. The number of ether oxygens (including phenoxy) is 3. The SMILES string of the molecule is CC(C)(C)[O-].COc1ccc(OC2CCN(C(=O)OC(C)(C)C)CC2)[n+]([O-])c1.[K+]. The number of pyridine rings is 1. The van der Waals surface area contributed by atoms with E-state index in [2.05, 4.69) is 0 Å². The summed E-state index contributed by atoms with van der Waals surface area (Å²) in [6.45, 7) is 11.5. The molecule has 9 heteroatoms. The zero-order valence-electron chi connectivity index (χ0n) is 19.0. The summed E-state index contributed by atoms with van der Waals surface area (Å²) in [5.41, 5.74) is -1.25. The predicted octanol–water partition coefficient (Wildman–Crippen LogP) is -0.744. The maximum atomic E-state index is 12.0. The van der Waals surface area contributed by atoms with E-state index in [-0.39, 0.29) is 69.5 Å². The Kier molecular flexibility index (Phi) is 12.1. The molecule has 0 saturated carbocycles. The molecule has 0 N–H and O–H groups in total. The first-order valence-electron chi connectivity index (χ1n) is 9.40. The van der Waals surface area contributed by atoms with Gasteiger partial charge in [0.05, 0.1) is 13.2 Å². The van der Waals surface area contributed by atoms with Crippen LogP contribution in [0.25, 0.3) is 0 Å². The van der Waals surface area contributed by atoms with Gasteiger partial charge in [0.1, 0.15) is 11.7 Å². The molecule has 1 aliphatic rings. The summed E-state index contributed by atoms with van der Waals surface area (Å²) in [5, 5.41) is 21.9.